The van der Waals surface area contributed by atoms with Gasteiger partial charge in [0.05, 0.1) is 6.04 Å². The third-order valence-corrected chi connectivity index (χ3v) is 10.5. The molecule has 4 aliphatic carbocycles. The highest BCUT2D eigenvalue weighted by Crippen LogP contribution is 2.40. The van der Waals surface area contributed by atoms with Crippen molar-refractivity contribution in [2.75, 3.05) is 0 Å². The standard InChI is InChI=1S/C44H44N4/c1-5-14-32(15-6-1)39-28-29-40(33-16-7-2-8-17-33)45-41(39)34-26-24-31(25-27-34)37-22-13-23-38(30-37)44-47-42(35-18-9-3-10-19-35)46-43(48-44)36-20-11-4-12-21-36/h1-3,5-11,13-18,20-24,26,28,31,34-35,37,40,42H,4,12,19,25,27,29-30H2,(H,46,47,48). The summed E-state index contributed by atoms with van der Waals surface area (Å²) in [5.74, 6) is 3.40. The zero-order valence-electron chi connectivity index (χ0n) is 27.5. The van der Waals surface area contributed by atoms with E-state index in [1.165, 1.54) is 33.6 Å². The highest BCUT2D eigenvalue weighted by atomic mass is 15.2. The number of amidine groups is 2. The zero-order valence-corrected chi connectivity index (χ0v) is 27.5. The molecule has 8 rings (SSSR count). The number of nitrogens with one attached hydrogen (secondary N) is 1. The lowest BCUT2D eigenvalue weighted by atomic mass is 9.74. The van der Waals surface area contributed by atoms with Gasteiger partial charge in [0.25, 0.3) is 0 Å². The Morgan fingerprint density at radius 1 is 0.688 bits per heavy atom. The predicted octanol–water partition coefficient (Wildman–Crippen LogP) is 9.88. The van der Waals surface area contributed by atoms with Crippen molar-refractivity contribution in [3.8, 4) is 0 Å². The van der Waals surface area contributed by atoms with Crippen LogP contribution in [0.1, 0.15) is 62.1 Å². The molecule has 0 spiro atoms. The first-order valence-corrected chi connectivity index (χ1v) is 17.9. The number of aliphatic imine (C=N–C) groups is 3. The number of hydrogen-bond acceptors (Lipinski definition) is 4. The molecular weight excluding hydrogens is 585 g/mol. The van der Waals surface area contributed by atoms with E-state index in [-0.39, 0.29) is 12.2 Å². The second kappa shape index (κ2) is 14.1. The first-order valence-electron chi connectivity index (χ1n) is 17.9. The van der Waals surface area contributed by atoms with Crippen LogP contribution in [0, 0.1) is 23.7 Å². The predicted molar refractivity (Wildman–Crippen MR) is 201 cm³/mol. The molecule has 2 aromatic carbocycles. The SMILES string of the molecule is C1=CCC(C2N=C(C3=CC=CC(C4C=CC(C5=NC(c6ccccc6)CC=C5c5ccccc5)CC4)C3)N=C(C3=CCCC=C3)N2)C=C1. The van der Waals surface area contributed by atoms with E-state index in [1.54, 1.807) is 0 Å². The summed E-state index contributed by atoms with van der Waals surface area (Å²) in [5.41, 5.74) is 7.53. The van der Waals surface area contributed by atoms with Crippen LogP contribution in [0.2, 0.25) is 0 Å². The third kappa shape index (κ3) is 6.62. The second-order valence-electron chi connectivity index (χ2n) is 13.7. The van der Waals surface area contributed by atoms with E-state index in [9.17, 15) is 0 Å². The lowest BCUT2D eigenvalue weighted by molar-refractivity contribution is 0.403. The molecule has 4 heteroatoms. The van der Waals surface area contributed by atoms with Crippen molar-refractivity contribution in [2.45, 2.75) is 57.2 Å². The first-order chi connectivity index (χ1) is 23.8. The van der Waals surface area contributed by atoms with E-state index in [4.69, 9.17) is 15.0 Å². The molecular formula is C44H44N4. The van der Waals surface area contributed by atoms with E-state index < -0.39 is 0 Å². The molecule has 48 heavy (non-hydrogen) atoms. The van der Waals surface area contributed by atoms with Crippen molar-refractivity contribution < 1.29 is 0 Å². The van der Waals surface area contributed by atoms with Gasteiger partial charge in [-0.25, -0.2) is 9.98 Å². The van der Waals surface area contributed by atoms with Crippen molar-refractivity contribution in [3.63, 3.8) is 0 Å². The van der Waals surface area contributed by atoms with Crippen molar-refractivity contribution in [2.24, 2.45) is 38.6 Å². The molecule has 2 aromatic rings. The number of allylic oxidation sites excluding steroid dienone is 11. The number of rotatable bonds is 7. The lowest BCUT2D eigenvalue weighted by Gasteiger charge is -2.33. The molecule has 6 atom stereocenters. The fourth-order valence-corrected chi connectivity index (χ4v) is 7.88. The molecule has 4 nitrogen and oxygen atoms in total. The van der Waals surface area contributed by atoms with Gasteiger partial charge >= 0.3 is 0 Å². The second-order valence-corrected chi connectivity index (χ2v) is 13.7. The van der Waals surface area contributed by atoms with Gasteiger partial charge < -0.3 is 5.32 Å². The van der Waals surface area contributed by atoms with Gasteiger partial charge in [-0.05, 0) is 79.1 Å². The number of nitrogens with zero attached hydrogens (tertiary/aromatic N) is 3. The summed E-state index contributed by atoms with van der Waals surface area (Å²) in [6, 6.07) is 21.8. The Bertz CT molecular complexity index is 1840. The highest BCUT2D eigenvalue weighted by Gasteiger charge is 2.32. The summed E-state index contributed by atoms with van der Waals surface area (Å²) in [5, 5.41) is 3.69. The van der Waals surface area contributed by atoms with Gasteiger partial charge in [-0.2, -0.15) is 0 Å². The minimum Gasteiger partial charge on any atom is -0.347 e. The molecule has 0 saturated heterocycles. The van der Waals surface area contributed by atoms with Crippen molar-refractivity contribution in [1.29, 1.82) is 0 Å². The summed E-state index contributed by atoms with van der Waals surface area (Å²) in [4.78, 5) is 15.8. The Morgan fingerprint density at radius 2 is 1.54 bits per heavy atom. The fourth-order valence-electron chi connectivity index (χ4n) is 7.88. The van der Waals surface area contributed by atoms with Crippen molar-refractivity contribution in [3.05, 3.63) is 162 Å². The van der Waals surface area contributed by atoms with Crippen LogP contribution in [0.25, 0.3) is 5.57 Å². The van der Waals surface area contributed by atoms with Gasteiger partial charge in [-0.1, -0.05) is 140 Å². The Balaban J connectivity index is 1.02. The van der Waals surface area contributed by atoms with Crippen LogP contribution in [0.15, 0.2) is 166 Å². The Hall–Kier alpha value is -4.83. The van der Waals surface area contributed by atoms with Gasteiger partial charge in [0.15, 0.2) is 5.84 Å². The van der Waals surface area contributed by atoms with E-state index in [0.717, 1.165) is 56.6 Å². The molecule has 0 fully saturated rings. The molecule has 240 valence electrons. The van der Waals surface area contributed by atoms with Crippen LogP contribution in [-0.4, -0.2) is 23.5 Å². The third-order valence-electron chi connectivity index (χ3n) is 10.5. The average molecular weight is 629 g/mol. The monoisotopic (exact) mass is 628 g/mol. The normalized spacial score (nSPS) is 29.6. The number of dihydropyridines is 1. The summed E-state index contributed by atoms with van der Waals surface area (Å²) in [6.07, 6.45) is 37.1. The van der Waals surface area contributed by atoms with Gasteiger partial charge in [0.1, 0.15) is 12.0 Å². The molecule has 6 aliphatic rings. The number of hydrogen-bond donors (Lipinski definition) is 1. The summed E-state index contributed by atoms with van der Waals surface area (Å²) >= 11 is 0. The van der Waals surface area contributed by atoms with Gasteiger partial charge in [0.2, 0.25) is 0 Å². The summed E-state index contributed by atoms with van der Waals surface area (Å²) in [7, 11) is 0. The molecule has 6 unspecified atom stereocenters. The molecule has 1 N–H and O–H groups in total. The summed E-state index contributed by atoms with van der Waals surface area (Å²) in [6.45, 7) is 0. The topological polar surface area (TPSA) is 49.1 Å². The molecule has 0 bridgehead atoms. The first kappa shape index (κ1) is 30.5. The summed E-state index contributed by atoms with van der Waals surface area (Å²) < 4.78 is 0. The maximum Gasteiger partial charge on any atom is 0.155 e. The smallest absolute Gasteiger partial charge is 0.155 e. The quantitative estimate of drug-likeness (QED) is 0.305. The largest absolute Gasteiger partial charge is 0.347 e. The van der Waals surface area contributed by atoms with Crippen LogP contribution in [0.3, 0.4) is 0 Å². The maximum atomic E-state index is 5.45. The zero-order chi connectivity index (χ0) is 32.1. The Kier molecular flexibility index (Phi) is 8.97. The van der Waals surface area contributed by atoms with E-state index in [2.05, 4.69) is 145 Å². The van der Waals surface area contributed by atoms with Crippen LogP contribution in [-0.2, 0) is 0 Å². The lowest BCUT2D eigenvalue weighted by Crippen LogP contribution is -2.43. The fraction of sp³-hybridized carbons (Fsp3) is 0.295. The Morgan fingerprint density at radius 3 is 2.31 bits per heavy atom. The van der Waals surface area contributed by atoms with Crippen LogP contribution < -0.4 is 5.32 Å². The van der Waals surface area contributed by atoms with E-state index in [1.807, 2.05) is 0 Å². The molecule has 2 aliphatic heterocycles. The van der Waals surface area contributed by atoms with Crippen molar-refractivity contribution >= 4 is 23.0 Å². The molecule has 0 aromatic heterocycles. The maximum absolute atomic E-state index is 5.45. The molecule has 0 radical (unpaired) electrons. The minimum absolute atomic E-state index is 0.0200. The van der Waals surface area contributed by atoms with Gasteiger partial charge in [-0.15, -0.1) is 0 Å². The minimum atomic E-state index is -0.0200. The van der Waals surface area contributed by atoms with E-state index >= 15 is 0 Å². The molecule has 0 saturated carbocycles. The van der Waals surface area contributed by atoms with Gasteiger partial charge in [0, 0.05) is 23.1 Å². The van der Waals surface area contributed by atoms with Crippen molar-refractivity contribution in [1.82, 2.24) is 5.32 Å². The van der Waals surface area contributed by atoms with Crippen LogP contribution in [0.4, 0.5) is 0 Å². The average Bonchev–Trinajstić information content (AvgIpc) is 3.19. The molecule has 2 heterocycles. The molecule has 0 amide bonds. The van der Waals surface area contributed by atoms with E-state index in [0.29, 0.717) is 23.7 Å². The highest BCUT2D eigenvalue weighted by molar-refractivity contribution is 6.26. The van der Waals surface area contributed by atoms with Crippen LogP contribution in [0.5, 0.6) is 0 Å². The number of benzene rings is 2. The van der Waals surface area contributed by atoms with Gasteiger partial charge in [-0.3, -0.25) is 4.99 Å². The Labute approximate surface area is 285 Å². The van der Waals surface area contributed by atoms with Crippen LogP contribution >= 0.6 is 0 Å².